The number of imidazole rings is 1. The molecule has 2 aromatic rings. The van der Waals surface area contributed by atoms with Gasteiger partial charge < -0.3 is 4.98 Å². The minimum absolute atomic E-state index is 0.0273. The average Bonchev–Trinajstić information content (AvgIpc) is 2.74. The Balaban J connectivity index is 1.97. The van der Waals surface area contributed by atoms with E-state index in [4.69, 9.17) is 0 Å². The summed E-state index contributed by atoms with van der Waals surface area (Å²) in [6.07, 6.45) is 5.46. The van der Waals surface area contributed by atoms with Gasteiger partial charge in [-0.15, -0.1) is 0 Å². The fourth-order valence-corrected chi connectivity index (χ4v) is 1.84. The maximum Gasteiger partial charge on any atom is 0.325 e. The molecule has 0 saturated carbocycles. The Kier molecular flexibility index (Phi) is 3.25. The second kappa shape index (κ2) is 4.84. The van der Waals surface area contributed by atoms with Crippen LogP contribution in [0.2, 0.25) is 0 Å². The van der Waals surface area contributed by atoms with Crippen molar-refractivity contribution in [1.82, 2.24) is 9.55 Å². The number of aryl methyl sites for hydroxylation is 1. The molecule has 84 valence electrons. The standard InChI is InChI=1S/C13H16N2O/c1-11(15-10-9-14-13(15)16)7-8-12-5-3-2-4-6-12/h2-6,9-11H,7-8H2,1H3,(H,14,16). The fourth-order valence-electron chi connectivity index (χ4n) is 1.84. The van der Waals surface area contributed by atoms with Crippen LogP contribution in [-0.2, 0) is 6.42 Å². The van der Waals surface area contributed by atoms with Crippen molar-refractivity contribution in [3.05, 3.63) is 58.8 Å². The Morgan fingerprint density at radius 2 is 2.06 bits per heavy atom. The molecule has 0 fully saturated rings. The molecule has 1 aromatic carbocycles. The van der Waals surface area contributed by atoms with Crippen LogP contribution in [-0.4, -0.2) is 9.55 Å². The van der Waals surface area contributed by atoms with E-state index in [0.29, 0.717) is 0 Å². The summed E-state index contributed by atoms with van der Waals surface area (Å²) < 4.78 is 1.74. The molecular weight excluding hydrogens is 200 g/mol. The molecule has 1 unspecified atom stereocenters. The van der Waals surface area contributed by atoms with E-state index in [0.717, 1.165) is 12.8 Å². The highest BCUT2D eigenvalue weighted by Crippen LogP contribution is 2.12. The van der Waals surface area contributed by atoms with Gasteiger partial charge in [0.1, 0.15) is 0 Å². The quantitative estimate of drug-likeness (QED) is 0.837. The molecule has 0 spiro atoms. The first-order valence-corrected chi connectivity index (χ1v) is 5.57. The third-order valence-electron chi connectivity index (χ3n) is 2.84. The summed E-state index contributed by atoms with van der Waals surface area (Å²) in [5, 5.41) is 0. The van der Waals surface area contributed by atoms with Gasteiger partial charge in [0.15, 0.2) is 0 Å². The van der Waals surface area contributed by atoms with Gasteiger partial charge in [0.2, 0.25) is 0 Å². The molecule has 0 aliphatic carbocycles. The summed E-state index contributed by atoms with van der Waals surface area (Å²) in [5.74, 6) is 0. The van der Waals surface area contributed by atoms with Gasteiger partial charge in [0.25, 0.3) is 0 Å². The van der Waals surface area contributed by atoms with E-state index in [-0.39, 0.29) is 11.7 Å². The zero-order valence-electron chi connectivity index (χ0n) is 9.39. The summed E-state index contributed by atoms with van der Waals surface area (Å²) in [6, 6.07) is 10.6. The Labute approximate surface area is 94.7 Å². The van der Waals surface area contributed by atoms with E-state index in [2.05, 4.69) is 24.0 Å². The summed E-state index contributed by atoms with van der Waals surface area (Å²) >= 11 is 0. The van der Waals surface area contributed by atoms with E-state index in [1.54, 1.807) is 17.0 Å². The molecule has 16 heavy (non-hydrogen) atoms. The number of H-pyrrole nitrogens is 1. The van der Waals surface area contributed by atoms with Gasteiger partial charge in [-0.25, -0.2) is 4.79 Å². The molecule has 3 heteroatoms. The number of aromatic nitrogens is 2. The molecular formula is C13H16N2O. The smallest absolute Gasteiger partial charge is 0.313 e. The molecule has 3 nitrogen and oxygen atoms in total. The maximum atomic E-state index is 11.4. The van der Waals surface area contributed by atoms with Crippen molar-refractivity contribution in [3.8, 4) is 0 Å². The van der Waals surface area contributed by atoms with Gasteiger partial charge in [-0.1, -0.05) is 30.3 Å². The zero-order valence-corrected chi connectivity index (χ0v) is 9.39. The van der Waals surface area contributed by atoms with Gasteiger partial charge in [-0.05, 0) is 25.3 Å². The van der Waals surface area contributed by atoms with Crippen LogP contribution in [0.25, 0.3) is 0 Å². The van der Waals surface area contributed by atoms with Crippen molar-refractivity contribution in [3.63, 3.8) is 0 Å². The molecule has 0 saturated heterocycles. The minimum Gasteiger partial charge on any atom is -0.313 e. The first kappa shape index (κ1) is 10.7. The number of hydrogen-bond donors (Lipinski definition) is 1. The highest BCUT2D eigenvalue weighted by Gasteiger charge is 2.06. The lowest BCUT2D eigenvalue weighted by Crippen LogP contribution is -2.20. The van der Waals surface area contributed by atoms with Crippen LogP contribution in [0.1, 0.15) is 24.9 Å². The van der Waals surface area contributed by atoms with Crippen LogP contribution in [0.3, 0.4) is 0 Å². The molecule has 0 amide bonds. The summed E-state index contributed by atoms with van der Waals surface area (Å²) in [5.41, 5.74) is 1.29. The van der Waals surface area contributed by atoms with E-state index in [1.165, 1.54) is 5.56 Å². The average molecular weight is 216 g/mol. The van der Waals surface area contributed by atoms with E-state index < -0.39 is 0 Å². The number of rotatable bonds is 4. The number of hydrogen-bond acceptors (Lipinski definition) is 1. The number of benzene rings is 1. The summed E-state index contributed by atoms with van der Waals surface area (Å²) in [4.78, 5) is 14.0. The lowest BCUT2D eigenvalue weighted by atomic mass is 10.1. The molecule has 0 aliphatic heterocycles. The topological polar surface area (TPSA) is 37.8 Å². The number of nitrogens with zero attached hydrogens (tertiary/aromatic N) is 1. The SMILES string of the molecule is CC(CCc1ccccc1)n1cc[nH]c1=O. The predicted molar refractivity (Wildman–Crippen MR) is 64.5 cm³/mol. The van der Waals surface area contributed by atoms with Gasteiger partial charge >= 0.3 is 5.69 Å². The van der Waals surface area contributed by atoms with Crippen LogP contribution in [0.4, 0.5) is 0 Å². The molecule has 1 heterocycles. The van der Waals surface area contributed by atoms with Crippen molar-refractivity contribution in [1.29, 1.82) is 0 Å². The van der Waals surface area contributed by atoms with Crippen LogP contribution in [0, 0.1) is 0 Å². The van der Waals surface area contributed by atoms with Crippen molar-refractivity contribution >= 4 is 0 Å². The molecule has 1 N–H and O–H groups in total. The van der Waals surface area contributed by atoms with Crippen molar-refractivity contribution in [2.24, 2.45) is 0 Å². The van der Waals surface area contributed by atoms with Crippen molar-refractivity contribution in [2.75, 3.05) is 0 Å². The van der Waals surface area contributed by atoms with Gasteiger partial charge in [0, 0.05) is 18.4 Å². The summed E-state index contributed by atoms with van der Waals surface area (Å²) in [6.45, 7) is 2.07. The lowest BCUT2D eigenvalue weighted by Gasteiger charge is -2.11. The normalized spacial score (nSPS) is 12.6. The Morgan fingerprint density at radius 3 is 2.69 bits per heavy atom. The monoisotopic (exact) mass is 216 g/mol. The molecule has 1 aromatic heterocycles. The largest absolute Gasteiger partial charge is 0.325 e. The summed E-state index contributed by atoms with van der Waals surface area (Å²) in [7, 11) is 0. The Morgan fingerprint density at radius 1 is 1.31 bits per heavy atom. The van der Waals surface area contributed by atoms with Crippen molar-refractivity contribution in [2.45, 2.75) is 25.8 Å². The first-order valence-electron chi connectivity index (χ1n) is 5.57. The van der Waals surface area contributed by atoms with Crippen LogP contribution in [0.5, 0.6) is 0 Å². The third-order valence-corrected chi connectivity index (χ3v) is 2.84. The molecule has 2 rings (SSSR count). The molecule has 0 radical (unpaired) electrons. The van der Waals surface area contributed by atoms with Crippen LogP contribution in [0.15, 0.2) is 47.5 Å². The van der Waals surface area contributed by atoms with Gasteiger partial charge in [-0.2, -0.15) is 0 Å². The number of nitrogens with one attached hydrogen (secondary N) is 1. The lowest BCUT2D eigenvalue weighted by molar-refractivity contribution is 0.494. The third kappa shape index (κ3) is 2.42. The van der Waals surface area contributed by atoms with Gasteiger partial charge in [0.05, 0.1) is 0 Å². The van der Waals surface area contributed by atoms with E-state index in [1.807, 2.05) is 18.2 Å². The highest BCUT2D eigenvalue weighted by atomic mass is 16.1. The second-order valence-corrected chi connectivity index (χ2v) is 4.05. The van der Waals surface area contributed by atoms with Gasteiger partial charge in [-0.3, -0.25) is 4.57 Å². The Hall–Kier alpha value is -1.77. The van der Waals surface area contributed by atoms with Crippen LogP contribution < -0.4 is 5.69 Å². The second-order valence-electron chi connectivity index (χ2n) is 4.05. The highest BCUT2D eigenvalue weighted by molar-refractivity contribution is 5.14. The fraction of sp³-hybridized carbons (Fsp3) is 0.308. The molecule has 0 aliphatic rings. The Bertz CT molecular complexity index is 484. The zero-order chi connectivity index (χ0) is 11.4. The number of aromatic amines is 1. The van der Waals surface area contributed by atoms with Crippen molar-refractivity contribution < 1.29 is 0 Å². The predicted octanol–water partition coefficient (Wildman–Crippen LogP) is 2.37. The first-order chi connectivity index (χ1) is 7.77. The van der Waals surface area contributed by atoms with E-state index in [9.17, 15) is 4.79 Å². The van der Waals surface area contributed by atoms with E-state index >= 15 is 0 Å². The van der Waals surface area contributed by atoms with Crippen LogP contribution >= 0.6 is 0 Å². The maximum absolute atomic E-state index is 11.4. The molecule has 0 bridgehead atoms. The minimum atomic E-state index is -0.0273. The molecule has 1 atom stereocenters.